The van der Waals surface area contributed by atoms with Crippen LogP contribution in [0.3, 0.4) is 0 Å². The second-order valence-electron chi connectivity index (χ2n) is 4.66. The van der Waals surface area contributed by atoms with Crippen LogP contribution in [-0.4, -0.2) is 11.1 Å². The molecule has 2 aromatic carbocycles. The van der Waals surface area contributed by atoms with Gasteiger partial charge in [0.05, 0.1) is 5.97 Å². The van der Waals surface area contributed by atoms with Crippen LogP contribution >= 0.6 is 23.2 Å². The van der Waals surface area contributed by atoms with E-state index in [4.69, 9.17) is 23.2 Å². The van der Waals surface area contributed by atoms with Crippen LogP contribution in [0.2, 0.25) is 10.0 Å². The molecule has 2 rings (SSSR count). The summed E-state index contributed by atoms with van der Waals surface area (Å²) in [4.78, 5) is 11.6. The van der Waals surface area contributed by atoms with Crippen LogP contribution < -0.4 is 5.11 Å². The van der Waals surface area contributed by atoms with E-state index in [-0.39, 0.29) is 11.1 Å². The molecule has 21 heavy (non-hydrogen) atoms. The Balaban J connectivity index is 2.68. The van der Waals surface area contributed by atoms with Gasteiger partial charge >= 0.3 is 0 Å². The summed E-state index contributed by atoms with van der Waals surface area (Å²) in [6.07, 6.45) is 0.527. The molecule has 0 aliphatic rings. The summed E-state index contributed by atoms with van der Waals surface area (Å²) in [6, 6.07) is 10.7. The molecule has 2 aromatic rings. The van der Waals surface area contributed by atoms with Crippen molar-refractivity contribution in [3.05, 3.63) is 69.2 Å². The van der Waals surface area contributed by atoms with Crippen molar-refractivity contribution in [1.82, 2.24) is 0 Å². The van der Waals surface area contributed by atoms with Crippen molar-refractivity contribution in [2.45, 2.75) is 18.9 Å². The van der Waals surface area contributed by atoms with Crippen molar-refractivity contribution < 1.29 is 15.0 Å². The van der Waals surface area contributed by atoms with Crippen LogP contribution in [-0.2, 0) is 16.8 Å². The van der Waals surface area contributed by atoms with E-state index < -0.39 is 11.6 Å². The number of rotatable bonds is 4. The molecule has 0 radical (unpaired) electrons. The van der Waals surface area contributed by atoms with Crippen LogP contribution in [0.15, 0.2) is 42.5 Å². The molecule has 1 atom stereocenters. The number of halogens is 2. The number of hydrogen-bond acceptors (Lipinski definition) is 3. The Labute approximate surface area is 132 Å². The van der Waals surface area contributed by atoms with E-state index >= 15 is 0 Å². The number of carbonyl (C=O) groups is 1. The minimum atomic E-state index is -2.25. The van der Waals surface area contributed by atoms with Gasteiger partial charge in [0.15, 0.2) is 5.60 Å². The van der Waals surface area contributed by atoms with Gasteiger partial charge < -0.3 is 15.0 Å². The van der Waals surface area contributed by atoms with Crippen LogP contribution in [0.1, 0.15) is 23.6 Å². The highest BCUT2D eigenvalue weighted by Crippen LogP contribution is 2.34. The van der Waals surface area contributed by atoms with Crippen molar-refractivity contribution in [3.8, 4) is 0 Å². The molecule has 0 fully saturated rings. The second kappa shape index (κ2) is 6.06. The lowest BCUT2D eigenvalue weighted by Gasteiger charge is -2.32. The summed E-state index contributed by atoms with van der Waals surface area (Å²) in [5, 5.41) is 23.3. The molecular weight excluding hydrogens is 311 g/mol. The first-order valence-corrected chi connectivity index (χ1v) is 7.14. The van der Waals surface area contributed by atoms with Crippen molar-refractivity contribution in [2.75, 3.05) is 0 Å². The Bertz CT molecular complexity index is 668. The third-order valence-corrected chi connectivity index (χ3v) is 3.88. The maximum Gasteiger partial charge on any atom is 0.154 e. The second-order valence-corrected chi connectivity index (χ2v) is 5.53. The van der Waals surface area contributed by atoms with Crippen molar-refractivity contribution in [2.24, 2.45) is 0 Å². The summed E-state index contributed by atoms with van der Waals surface area (Å²) in [6.45, 7) is 1.85. The van der Waals surface area contributed by atoms with E-state index in [9.17, 15) is 15.0 Å². The van der Waals surface area contributed by atoms with Crippen molar-refractivity contribution in [1.29, 1.82) is 0 Å². The number of aliphatic hydroxyl groups is 1. The van der Waals surface area contributed by atoms with Gasteiger partial charge in [0.1, 0.15) is 0 Å². The van der Waals surface area contributed by atoms with E-state index in [0.717, 1.165) is 0 Å². The average Bonchev–Trinajstić information content (AvgIpc) is 2.46. The molecule has 0 saturated carbocycles. The van der Waals surface area contributed by atoms with Crippen LogP contribution in [0.5, 0.6) is 0 Å². The largest absolute Gasteiger partial charge is 0.546 e. The summed E-state index contributed by atoms with van der Waals surface area (Å²) >= 11 is 11.7. The van der Waals surface area contributed by atoms with Gasteiger partial charge in [0, 0.05) is 10.0 Å². The highest BCUT2D eigenvalue weighted by molar-refractivity contribution is 6.31. The third kappa shape index (κ3) is 2.91. The van der Waals surface area contributed by atoms with E-state index in [1.54, 1.807) is 12.1 Å². The number of aliphatic carboxylic acids is 1. The maximum absolute atomic E-state index is 11.6. The molecule has 0 aliphatic carbocycles. The quantitative estimate of drug-likeness (QED) is 0.940. The fraction of sp³-hybridized carbons (Fsp3) is 0.188. The third-order valence-electron chi connectivity index (χ3n) is 3.40. The van der Waals surface area contributed by atoms with Crippen LogP contribution in [0.4, 0.5) is 0 Å². The molecule has 110 valence electrons. The summed E-state index contributed by atoms with van der Waals surface area (Å²) < 4.78 is 0. The van der Waals surface area contributed by atoms with Gasteiger partial charge in [-0.3, -0.25) is 0 Å². The van der Waals surface area contributed by atoms with Gasteiger partial charge in [-0.15, -0.1) is 0 Å². The minimum Gasteiger partial charge on any atom is -0.546 e. The lowest BCUT2D eigenvalue weighted by molar-refractivity contribution is -0.322. The zero-order valence-corrected chi connectivity index (χ0v) is 12.8. The summed E-state index contributed by atoms with van der Waals surface area (Å²) in [5.74, 6) is -1.60. The van der Waals surface area contributed by atoms with Crippen LogP contribution in [0, 0.1) is 0 Å². The topological polar surface area (TPSA) is 60.4 Å². The average molecular weight is 324 g/mol. The Morgan fingerprint density at radius 1 is 1.14 bits per heavy atom. The molecule has 0 spiro atoms. The SMILES string of the molecule is CCc1cc(Cl)ccc1C(O)(C(=O)[O-])c1ccc(Cl)cc1. The van der Waals surface area contributed by atoms with Gasteiger partial charge in [-0.25, -0.2) is 0 Å². The number of aryl methyl sites for hydroxylation is 1. The van der Waals surface area contributed by atoms with Crippen molar-refractivity contribution >= 4 is 29.2 Å². The van der Waals surface area contributed by atoms with Gasteiger partial charge in [0.2, 0.25) is 0 Å². The zero-order valence-electron chi connectivity index (χ0n) is 11.3. The number of hydrogen-bond donors (Lipinski definition) is 1. The molecule has 0 heterocycles. The zero-order chi connectivity index (χ0) is 15.6. The molecule has 5 heteroatoms. The monoisotopic (exact) mass is 323 g/mol. The molecule has 3 nitrogen and oxygen atoms in total. The molecule has 0 bridgehead atoms. The standard InChI is InChI=1S/C16H14Cl2O3/c1-2-10-9-13(18)7-8-14(10)16(21,15(19)20)11-3-5-12(17)6-4-11/h3-9,21H,2H2,1H3,(H,19,20)/p-1. The molecule has 0 aliphatic heterocycles. The molecule has 0 aromatic heterocycles. The predicted molar refractivity (Wildman–Crippen MR) is 80.3 cm³/mol. The summed E-state index contributed by atoms with van der Waals surface area (Å²) in [5.41, 5.74) is -1.18. The molecule has 0 amide bonds. The number of benzene rings is 2. The number of carboxylic acid groups (broad SMARTS) is 1. The molecule has 1 N–H and O–H groups in total. The highest BCUT2D eigenvalue weighted by atomic mass is 35.5. The molecular formula is C16H13Cl2O3-. The number of carboxylic acids is 1. The fourth-order valence-corrected chi connectivity index (χ4v) is 2.60. The van der Waals surface area contributed by atoms with Gasteiger partial charge in [0.25, 0.3) is 0 Å². The van der Waals surface area contributed by atoms with E-state index in [1.165, 1.54) is 30.3 Å². The first kappa shape index (κ1) is 15.8. The Morgan fingerprint density at radius 2 is 1.71 bits per heavy atom. The van der Waals surface area contributed by atoms with Gasteiger partial charge in [-0.2, -0.15) is 0 Å². The lowest BCUT2D eigenvalue weighted by atomic mass is 9.83. The van der Waals surface area contributed by atoms with Gasteiger partial charge in [-0.1, -0.05) is 48.3 Å². The normalized spacial score (nSPS) is 13.7. The lowest BCUT2D eigenvalue weighted by Crippen LogP contribution is -2.47. The maximum atomic E-state index is 11.6. The molecule has 0 saturated heterocycles. The first-order chi connectivity index (χ1) is 9.89. The highest BCUT2D eigenvalue weighted by Gasteiger charge is 2.35. The van der Waals surface area contributed by atoms with Crippen LogP contribution in [0.25, 0.3) is 0 Å². The molecule has 1 unspecified atom stereocenters. The van der Waals surface area contributed by atoms with Crippen molar-refractivity contribution in [3.63, 3.8) is 0 Å². The Kier molecular flexibility index (Phi) is 4.57. The Hall–Kier alpha value is -1.55. The Morgan fingerprint density at radius 3 is 2.24 bits per heavy atom. The van der Waals surface area contributed by atoms with Gasteiger partial charge in [-0.05, 0) is 47.4 Å². The smallest absolute Gasteiger partial charge is 0.154 e. The first-order valence-electron chi connectivity index (χ1n) is 6.38. The fourth-order valence-electron chi connectivity index (χ4n) is 2.28. The minimum absolute atomic E-state index is 0.184. The van der Waals surface area contributed by atoms with E-state index in [1.807, 2.05) is 6.92 Å². The van der Waals surface area contributed by atoms with E-state index in [0.29, 0.717) is 22.0 Å². The van der Waals surface area contributed by atoms with E-state index in [2.05, 4.69) is 0 Å². The predicted octanol–water partition coefficient (Wildman–Crippen LogP) is 2.54. The summed E-state index contributed by atoms with van der Waals surface area (Å²) in [7, 11) is 0. The number of carbonyl (C=O) groups excluding carboxylic acids is 1.